The molecule has 1 aromatic carbocycles. The molecule has 3 heterocycles. The molecular formula is C18H18ClFN4O2. The first-order valence-electron chi connectivity index (χ1n) is 8.42. The molecule has 0 amide bonds. The number of halogens is 2. The van der Waals surface area contributed by atoms with Gasteiger partial charge in [-0.1, -0.05) is 11.6 Å². The molecule has 2 aromatic heterocycles. The molecule has 26 heavy (non-hydrogen) atoms. The van der Waals surface area contributed by atoms with E-state index in [1.807, 2.05) is 0 Å². The van der Waals surface area contributed by atoms with Gasteiger partial charge in [0.15, 0.2) is 5.65 Å². The minimum absolute atomic E-state index is 0.190. The summed E-state index contributed by atoms with van der Waals surface area (Å²) >= 11 is 6.31. The molecular weight excluding hydrogens is 359 g/mol. The predicted octanol–water partition coefficient (Wildman–Crippen LogP) is 2.09. The minimum Gasteiger partial charge on any atom is -0.388 e. The summed E-state index contributed by atoms with van der Waals surface area (Å²) in [5.41, 5.74) is -0.161. The molecule has 4 rings (SSSR count). The third-order valence-corrected chi connectivity index (χ3v) is 5.10. The molecule has 0 bridgehead atoms. The summed E-state index contributed by atoms with van der Waals surface area (Å²) in [6.07, 6.45) is 2.59. The second-order valence-corrected chi connectivity index (χ2v) is 7.06. The standard InChI is InChI=1S/C18H18ClFN4O2/c19-15-9-14-16(24(15)13-3-1-12(20)2-4-13)22-11-23(17(14)25)10-18(26)5-7-21-8-6-18/h1-4,9,11,21,26H,5-8,10H2. The van der Waals surface area contributed by atoms with E-state index in [4.69, 9.17) is 11.6 Å². The lowest BCUT2D eigenvalue weighted by atomic mass is 9.92. The van der Waals surface area contributed by atoms with Crippen molar-refractivity contribution < 1.29 is 9.50 Å². The van der Waals surface area contributed by atoms with Crippen LogP contribution in [0.4, 0.5) is 4.39 Å². The van der Waals surface area contributed by atoms with E-state index in [2.05, 4.69) is 10.3 Å². The molecule has 1 aliphatic heterocycles. The van der Waals surface area contributed by atoms with Crippen LogP contribution in [0.1, 0.15) is 12.8 Å². The summed E-state index contributed by atoms with van der Waals surface area (Å²) < 4.78 is 16.2. The molecule has 0 spiro atoms. The van der Waals surface area contributed by atoms with Gasteiger partial charge in [-0.2, -0.15) is 0 Å². The first-order chi connectivity index (χ1) is 12.5. The Bertz CT molecular complexity index is 1010. The summed E-state index contributed by atoms with van der Waals surface area (Å²) in [5.74, 6) is -0.355. The van der Waals surface area contributed by atoms with Gasteiger partial charge >= 0.3 is 0 Å². The van der Waals surface area contributed by atoms with Gasteiger partial charge in [-0.05, 0) is 56.3 Å². The molecule has 0 saturated carbocycles. The Hall–Kier alpha value is -2.22. The Morgan fingerprint density at radius 2 is 1.96 bits per heavy atom. The molecule has 2 N–H and O–H groups in total. The third-order valence-electron chi connectivity index (χ3n) is 4.82. The Morgan fingerprint density at radius 3 is 2.65 bits per heavy atom. The summed E-state index contributed by atoms with van der Waals surface area (Å²) in [4.78, 5) is 17.2. The third kappa shape index (κ3) is 3.02. The molecule has 0 radical (unpaired) electrons. The van der Waals surface area contributed by atoms with Crippen molar-refractivity contribution in [1.29, 1.82) is 0 Å². The van der Waals surface area contributed by atoms with Gasteiger partial charge in [0, 0.05) is 5.69 Å². The largest absolute Gasteiger partial charge is 0.388 e. The smallest absolute Gasteiger partial charge is 0.262 e. The second kappa shape index (κ2) is 6.50. The molecule has 8 heteroatoms. The van der Waals surface area contributed by atoms with Crippen molar-refractivity contribution in [2.45, 2.75) is 25.0 Å². The molecule has 136 valence electrons. The zero-order valence-electron chi connectivity index (χ0n) is 14.0. The number of nitrogens with one attached hydrogen (secondary N) is 1. The normalized spacial score (nSPS) is 16.9. The van der Waals surface area contributed by atoms with Crippen molar-refractivity contribution in [3.8, 4) is 5.69 Å². The number of benzene rings is 1. The highest BCUT2D eigenvalue weighted by atomic mass is 35.5. The summed E-state index contributed by atoms with van der Waals surface area (Å²) in [7, 11) is 0. The van der Waals surface area contributed by atoms with Crippen LogP contribution in [0.2, 0.25) is 5.15 Å². The SMILES string of the molecule is O=c1c2cc(Cl)n(-c3ccc(F)cc3)c2ncn1CC1(O)CCNCC1. The number of hydrogen-bond acceptors (Lipinski definition) is 4. The van der Waals surface area contributed by atoms with Crippen LogP contribution >= 0.6 is 11.6 Å². The average Bonchev–Trinajstić information content (AvgIpc) is 2.96. The molecule has 3 aromatic rings. The lowest BCUT2D eigenvalue weighted by molar-refractivity contribution is -0.00627. The van der Waals surface area contributed by atoms with Crippen LogP contribution in [-0.2, 0) is 6.54 Å². The van der Waals surface area contributed by atoms with E-state index in [-0.39, 0.29) is 17.9 Å². The van der Waals surface area contributed by atoms with Crippen molar-refractivity contribution in [1.82, 2.24) is 19.4 Å². The number of aliphatic hydroxyl groups is 1. The lowest BCUT2D eigenvalue weighted by Gasteiger charge is -2.32. The number of aromatic nitrogens is 3. The fourth-order valence-electron chi connectivity index (χ4n) is 3.40. The van der Waals surface area contributed by atoms with Crippen molar-refractivity contribution in [3.63, 3.8) is 0 Å². The molecule has 6 nitrogen and oxygen atoms in total. The Morgan fingerprint density at radius 1 is 1.27 bits per heavy atom. The van der Waals surface area contributed by atoms with Gasteiger partial charge in [0.05, 0.1) is 17.5 Å². The maximum Gasteiger partial charge on any atom is 0.262 e. The molecule has 0 atom stereocenters. The Kier molecular flexibility index (Phi) is 4.30. The van der Waals surface area contributed by atoms with Gasteiger partial charge in [-0.25, -0.2) is 9.37 Å². The highest BCUT2D eigenvalue weighted by Crippen LogP contribution is 2.25. The van der Waals surface area contributed by atoms with Gasteiger partial charge in [0.25, 0.3) is 5.56 Å². The second-order valence-electron chi connectivity index (χ2n) is 6.67. The molecule has 0 unspecified atom stereocenters. The van der Waals surface area contributed by atoms with Gasteiger partial charge in [0.1, 0.15) is 17.3 Å². The van der Waals surface area contributed by atoms with E-state index in [1.54, 1.807) is 22.8 Å². The van der Waals surface area contributed by atoms with E-state index in [0.29, 0.717) is 47.8 Å². The van der Waals surface area contributed by atoms with Crippen LogP contribution in [-0.4, -0.2) is 37.9 Å². The maximum atomic E-state index is 13.2. The molecule has 1 fully saturated rings. The molecule has 1 aliphatic rings. The first kappa shape index (κ1) is 17.2. The van der Waals surface area contributed by atoms with Gasteiger partial charge < -0.3 is 10.4 Å². The van der Waals surface area contributed by atoms with Crippen molar-refractivity contribution in [2.24, 2.45) is 0 Å². The first-order valence-corrected chi connectivity index (χ1v) is 8.80. The number of rotatable bonds is 3. The summed E-state index contributed by atoms with van der Waals surface area (Å²) in [5, 5.41) is 14.6. The lowest BCUT2D eigenvalue weighted by Crippen LogP contribution is -2.46. The van der Waals surface area contributed by atoms with Crippen molar-refractivity contribution in [3.05, 3.63) is 58.0 Å². The van der Waals surface area contributed by atoms with Crippen LogP contribution in [0, 0.1) is 5.82 Å². The number of hydrogen-bond donors (Lipinski definition) is 2. The highest BCUT2D eigenvalue weighted by molar-refractivity contribution is 6.31. The van der Waals surface area contributed by atoms with E-state index < -0.39 is 5.60 Å². The summed E-state index contributed by atoms with van der Waals surface area (Å²) in [6, 6.07) is 7.35. The Labute approximate surface area is 153 Å². The zero-order chi connectivity index (χ0) is 18.3. The fourth-order valence-corrected chi connectivity index (χ4v) is 3.69. The van der Waals surface area contributed by atoms with E-state index in [1.165, 1.54) is 23.0 Å². The quantitative estimate of drug-likeness (QED) is 0.734. The monoisotopic (exact) mass is 376 g/mol. The predicted molar refractivity (Wildman–Crippen MR) is 97.4 cm³/mol. The number of nitrogens with zero attached hydrogens (tertiary/aromatic N) is 3. The highest BCUT2D eigenvalue weighted by Gasteiger charge is 2.30. The Balaban J connectivity index is 1.77. The number of fused-ring (bicyclic) bond motifs is 1. The fraction of sp³-hybridized carbons (Fsp3) is 0.333. The van der Waals surface area contributed by atoms with Gasteiger partial charge in [-0.3, -0.25) is 13.9 Å². The van der Waals surface area contributed by atoms with Crippen molar-refractivity contribution >= 4 is 22.6 Å². The van der Waals surface area contributed by atoms with Crippen LogP contribution in [0.15, 0.2) is 41.5 Å². The maximum absolute atomic E-state index is 13.2. The summed E-state index contributed by atoms with van der Waals surface area (Å²) in [6.45, 7) is 1.62. The zero-order valence-corrected chi connectivity index (χ0v) is 14.7. The van der Waals surface area contributed by atoms with E-state index in [0.717, 1.165) is 0 Å². The van der Waals surface area contributed by atoms with Crippen LogP contribution in [0.5, 0.6) is 0 Å². The van der Waals surface area contributed by atoms with Crippen LogP contribution in [0.25, 0.3) is 16.7 Å². The topological polar surface area (TPSA) is 72.1 Å². The van der Waals surface area contributed by atoms with E-state index in [9.17, 15) is 14.3 Å². The van der Waals surface area contributed by atoms with Gasteiger partial charge in [-0.15, -0.1) is 0 Å². The van der Waals surface area contributed by atoms with Crippen molar-refractivity contribution in [2.75, 3.05) is 13.1 Å². The van der Waals surface area contributed by atoms with Gasteiger partial charge in [0.2, 0.25) is 0 Å². The molecule has 1 saturated heterocycles. The minimum atomic E-state index is -0.923. The molecule has 0 aliphatic carbocycles. The average molecular weight is 377 g/mol. The van der Waals surface area contributed by atoms with E-state index >= 15 is 0 Å². The number of piperidine rings is 1. The van der Waals surface area contributed by atoms with Crippen LogP contribution in [0.3, 0.4) is 0 Å². The van der Waals surface area contributed by atoms with Crippen LogP contribution < -0.4 is 10.9 Å².